The first kappa shape index (κ1) is 18.9. The lowest BCUT2D eigenvalue weighted by molar-refractivity contribution is 0.0915. The van der Waals surface area contributed by atoms with Crippen molar-refractivity contribution in [3.63, 3.8) is 0 Å². The maximum absolute atomic E-state index is 12.6. The standard InChI is InChI=1S/C23H26ClNOS/c1-15(22-13-17-4-7-19(22)12-17)25-23(26)18-5-2-16(3-6-18)14-27-21-10-8-20(24)9-11-21/h2-3,5-6,8-11,15,17,19,22H,4,7,12-14H2,1H3,(H,25,26). The first-order valence-electron chi connectivity index (χ1n) is 9.86. The third kappa shape index (κ3) is 4.52. The molecule has 2 nitrogen and oxygen atoms in total. The SMILES string of the molecule is CC(NC(=O)c1ccc(CSc2ccc(Cl)cc2)cc1)C1CC2CCC1C2. The van der Waals surface area contributed by atoms with Gasteiger partial charge in [0.25, 0.3) is 5.91 Å². The van der Waals surface area contributed by atoms with E-state index in [9.17, 15) is 4.79 Å². The quantitative estimate of drug-likeness (QED) is 0.587. The van der Waals surface area contributed by atoms with E-state index in [0.29, 0.717) is 5.92 Å². The third-order valence-electron chi connectivity index (χ3n) is 6.23. The number of fused-ring (bicyclic) bond motifs is 2. The fourth-order valence-electron chi connectivity index (χ4n) is 4.75. The van der Waals surface area contributed by atoms with Crippen molar-refractivity contribution < 1.29 is 4.79 Å². The minimum atomic E-state index is 0.0576. The number of rotatable bonds is 6. The van der Waals surface area contributed by atoms with Crippen molar-refractivity contribution in [2.75, 3.05) is 0 Å². The number of amides is 1. The van der Waals surface area contributed by atoms with Crippen molar-refractivity contribution in [2.24, 2.45) is 17.8 Å². The van der Waals surface area contributed by atoms with Crippen molar-refractivity contribution >= 4 is 29.3 Å². The molecular formula is C23H26ClNOS. The van der Waals surface area contributed by atoms with E-state index in [4.69, 9.17) is 11.6 Å². The summed E-state index contributed by atoms with van der Waals surface area (Å²) in [6, 6.07) is 16.2. The smallest absolute Gasteiger partial charge is 0.251 e. The number of hydrogen-bond acceptors (Lipinski definition) is 2. The van der Waals surface area contributed by atoms with E-state index in [1.54, 1.807) is 11.8 Å². The van der Waals surface area contributed by atoms with Gasteiger partial charge in [-0.3, -0.25) is 4.79 Å². The summed E-state index contributed by atoms with van der Waals surface area (Å²) in [6.45, 7) is 2.18. The summed E-state index contributed by atoms with van der Waals surface area (Å²) in [5.74, 6) is 3.35. The van der Waals surface area contributed by atoms with Crippen LogP contribution < -0.4 is 5.32 Å². The van der Waals surface area contributed by atoms with Crippen molar-refractivity contribution in [3.05, 3.63) is 64.7 Å². The maximum atomic E-state index is 12.6. The maximum Gasteiger partial charge on any atom is 0.251 e. The average Bonchev–Trinajstić information content (AvgIpc) is 3.31. The summed E-state index contributed by atoms with van der Waals surface area (Å²) in [5.41, 5.74) is 1.97. The van der Waals surface area contributed by atoms with E-state index >= 15 is 0 Å². The van der Waals surface area contributed by atoms with Gasteiger partial charge >= 0.3 is 0 Å². The van der Waals surface area contributed by atoms with Gasteiger partial charge in [-0.15, -0.1) is 11.8 Å². The predicted octanol–water partition coefficient (Wildman–Crippen LogP) is 6.19. The molecule has 0 aliphatic heterocycles. The second-order valence-electron chi connectivity index (χ2n) is 8.04. The fourth-order valence-corrected chi connectivity index (χ4v) is 5.73. The van der Waals surface area contributed by atoms with E-state index in [1.807, 2.05) is 36.4 Å². The molecule has 4 atom stereocenters. The summed E-state index contributed by atoms with van der Waals surface area (Å²) < 4.78 is 0. The predicted molar refractivity (Wildman–Crippen MR) is 113 cm³/mol. The fraction of sp³-hybridized carbons (Fsp3) is 0.435. The summed E-state index contributed by atoms with van der Waals surface area (Å²) in [6.07, 6.45) is 5.44. The molecule has 4 rings (SSSR count). The van der Waals surface area contributed by atoms with E-state index in [2.05, 4.69) is 24.4 Å². The Labute approximate surface area is 171 Å². The molecule has 2 fully saturated rings. The lowest BCUT2D eigenvalue weighted by Gasteiger charge is -2.28. The molecule has 0 radical (unpaired) electrons. The molecule has 4 heteroatoms. The molecule has 1 amide bonds. The highest BCUT2D eigenvalue weighted by atomic mass is 35.5. The highest BCUT2D eigenvalue weighted by Crippen LogP contribution is 2.49. The van der Waals surface area contributed by atoms with E-state index < -0.39 is 0 Å². The minimum Gasteiger partial charge on any atom is -0.349 e. The molecule has 1 N–H and O–H groups in total. The Balaban J connectivity index is 1.30. The van der Waals surface area contributed by atoms with Crippen LogP contribution in [-0.2, 0) is 5.75 Å². The molecule has 2 aromatic carbocycles. The summed E-state index contributed by atoms with van der Waals surface area (Å²) in [5, 5.41) is 4.01. The summed E-state index contributed by atoms with van der Waals surface area (Å²) in [7, 11) is 0. The zero-order chi connectivity index (χ0) is 18.8. The van der Waals surface area contributed by atoms with Crippen LogP contribution in [0.4, 0.5) is 0 Å². The van der Waals surface area contributed by atoms with Gasteiger partial charge in [-0.1, -0.05) is 30.2 Å². The number of thioether (sulfide) groups is 1. The van der Waals surface area contributed by atoms with Gasteiger partial charge in [-0.2, -0.15) is 0 Å². The van der Waals surface area contributed by atoms with Gasteiger partial charge in [-0.05, 0) is 85.9 Å². The molecule has 0 heterocycles. The summed E-state index contributed by atoms with van der Waals surface area (Å²) in [4.78, 5) is 13.8. The number of carbonyl (C=O) groups excluding carboxylic acids is 1. The van der Waals surface area contributed by atoms with Crippen molar-refractivity contribution in [1.82, 2.24) is 5.32 Å². The molecule has 0 aromatic heterocycles. The van der Waals surface area contributed by atoms with Gasteiger partial charge in [0.2, 0.25) is 0 Å². The molecule has 2 saturated carbocycles. The lowest BCUT2D eigenvalue weighted by atomic mass is 9.84. The zero-order valence-electron chi connectivity index (χ0n) is 15.7. The van der Waals surface area contributed by atoms with Crippen LogP contribution in [0.3, 0.4) is 0 Å². The second-order valence-corrected chi connectivity index (χ2v) is 9.53. The monoisotopic (exact) mass is 399 g/mol. The van der Waals surface area contributed by atoms with Crippen molar-refractivity contribution in [3.8, 4) is 0 Å². The van der Waals surface area contributed by atoms with E-state index in [1.165, 1.54) is 36.1 Å². The second kappa shape index (κ2) is 8.28. The van der Waals surface area contributed by atoms with Gasteiger partial charge in [-0.25, -0.2) is 0 Å². The highest BCUT2D eigenvalue weighted by Gasteiger charge is 2.42. The van der Waals surface area contributed by atoms with Gasteiger partial charge in [0.1, 0.15) is 0 Å². The van der Waals surface area contributed by atoms with Crippen LogP contribution in [-0.4, -0.2) is 11.9 Å². The van der Waals surface area contributed by atoms with Crippen LogP contribution in [0.1, 0.15) is 48.5 Å². The third-order valence-corrected chi connectivity index (χ3v) is 7.56. The number of nitrogens with one attached hydrogen (secondary N) is 1. The first-order valence-corrected chi connectivity index (χ1v) is 11.2. The molecule has 27 heavy (non-hydrogen) atoms. The Morgan fingerprint density at radius 1 is 1.11 bits per heavy atom. The molecular weight excluding hydrogens is 374 g/mol. The molecule has 2 aromatic rings. The zero-order valence-corrected chi connectivity index (χ0v) is 17.2. The Hall–Kier alpha value is -1.45. The number of hydrogen-bond donors (Lipinski definition) is 1. The average molecular weight is 400 g/mol. The Bertz CT molecular complexity index is 789. The van der Waals surface area contributed by atoms with Crippen LogP contribution in [0.5, 0.6) is 0 Å². The number of halogens is 1. The van der Waals surface area contributed by atoms with Gasteiger partial charge in [0.15, 0.2) is 0 Å². The van der Waals surface area contributed by atoms with Crippen molar-refractivity contribution in [2.45, 2.75) is 49.3 Å². The van der Waals surface area contributed by atoms with Crippen LogP contribution in [0.2, 0.25) is 5.02 Å². The Morgan fingerprint density at radius 2 is 1.85 bits per heavy atom. The molecule has 0 spiro atoms. The molecule has 2 bridgehead atoms. The van der Waals surface area contributed by atoms with Crippen LogP contribution in [0.15, 0.2) is 53.4 Å². The number of carbonyl (C=O) groups is 1. The molecule has 2 aliphatic rings. The molecule has 142 valence electrons. The van der Waals surface area contributed by atoms with Crippen LogP contribution in [0, 0.1) is 17.8 Å². The Kier molecular flexibility index (Phi) is 5.79. The van der Waals surface area contributed by atoms with E-state index in [0.717, 1.165) is 28.2 Å². The van der Waals surface area contributed by atoms with Gasteiger partial charge in [0.05, 0.1) is 0 Å². The topological polar surface area (TPSA) is 29.1 Å². The molecule has 0 saturated heterocycles. The largest absolute Gasteiger partial charge is 0.349 e. The first-order chi connectivity index (χ1) is 13.1. The number of benzene rings is 2. The van der Waals surface area contributed by atoms with Crippen LogP contribution >= 0.6 is 23.4 Å². The molecule has 4 unspecified atom stereocenters. The minimum absolute atomic E-state index is 0.0576. The Morgan fingerprint density at radius 3 is 2.48 bits per heavy atom. The van der Waals surface area contributed by atoms with E-state index in [-0.39, 0.29) is 11.9 Å². The highest BCUT2D eigenvalue weighted by molar-refractivity contribution is 7.98. The van der Waals surface area contributed by atoms with Gasteiger partial charge in [0, 0.05) is 27.3 Å². The van der Waals surface area contributed by atoms with Gasteiger partial charge < -0.3 is 5.32 Å². The van der Waals surface area contributed by atoms with Crippen LogP contribution in [0.25, 0.3) is 0 Å². The molecule has 2 aliphatic carbocycles. The summed E-state index contributed by atoms with van der Waals surface area (Å²) >= 11 is 7.70. The van der Waals surface area contributed by atoms with Crippen molar-refractivity contribution in [1.29, 1.82) is 0 Å². The normalized spacial score (nSPS) is 24.7. The lowest BCUT2D eigenvalue weighted by Crippen LogP contribution is -2.40.